The van der Waals surface area contributed by atoms with Crippen LogP contribution in [0.25, 0.3) is 6.08 Å². The first kappa shape index (κ1) is 14.2. The number of hydrogen-bond acceptors (Lipinski definition) is 2. The minimum Gasteiger partial charge on any atom is -0.380 e. The summed E-state index contributed by atoms with van der Waals surface area (Å²) in [6.07, 6.45) is 3.67. The second-order valence-corrected chi connectivity index (χ2v) is 4.21. The van der Waals surface area contributed by atoms with E-state index in [4.69, 9.17) is 22.1 Å². The van der Waals surface area contributed by atoms with Crippen LogP contribution in [0.15, 0.2) is 23.8 Å². The van der Waals surface area contributed by atoms with E-state index in [1.165, 1.54) is 6.07 Å². The summed E-state index contributed by atoms with van der Waals surface area (Å²) in [6.45, 7) is 1.17. The first-order valence-electron chi connectivity index (χ1n) is 5.51. The lowest BCUT2D eigenvalue weighted by molar-refractivity contribution is 0.223. The topological polar surface area (TPSA) is 35.2 Å². The number of ether oxygens (including phenoxy) is 1. The Labute approximate surface area is 106 Å². The third kappa shape index (κ3) is 4.86. The van der Waals surface area contributed by atoms with Crippen LogP contribution < -0.4 is 5.73 Å². The van der Waals surface area contributed by atoms with Crippen LogP contribution in [0.2, 0.25) is 5.02 Å². The van der Waals surface area contributed by atoms with Crippen molar-refractivity contribution in [2.75, 3.05) is 20.3 Å². The summed E-state index contributed by atoms with van der Waals surface area (Å²) in [4.78, 5) is 0. The first-order chi connectivity index (χ1) is 8.17. The molecule has 1 aromatic rings. The van der Waals surface area contributed by atoms with Crippen molar-refractivity contribution in [3.63, 3.8) is 0 Å². The fourth-order valence-electron chi connectivity index (χ4n) is 1.54. The van der Waals surface area contributed by atoms with E-state index in [1.807, 2.05) is 6.08 Å². The van der Waals surface area contributed by atoms with E-state index in [2.05, 4.69) is 0 Å². The smallest absolute Gasteiger partial charge is 0.142 e. The fourth-order valence-corrected chi connectivity index (χ4v) is 1.66. The van der Waals surface area contributed by atoms with Gasteiger partial charge in [0, 0.05) is 7.11 Å². The molecule has 94 valence electrons. The summed E-state index contributed by atoms with van der Waals surface area (Å²) in [5.41, 5.74) is 7.35. The molecule has 0 unspecified atom stereocenters. The van der Waals surface area contributed by atoms with Crippen molar-refractivity contribution in [2.45, 2.75) is 12.8 Å². The lowest BCUT2D eigenvalue weighted by Crippen LogP contribution is -2.01. The van der Waals surface area contributed by atoms with Gasteiger partial charge in [-0.25, -0.2) is 4.39 Å². The van der Waals surface area contributed by atoms with Crippen molar-refractivity contribution in [3.05, 3.63) is 40.2 Å². The molecular weight excluding hydrogens is 241 g/mol. The molecule has 0 aliphatic carbocycles. The molecule has 0 heterocycles. The number of methoxy groups -OCH3 is 1. The molecule has 2 nitrogen and oxygen atoms in total. The average Bonchev–Trinajstić information content (AvgIpc) is 2.31. The maximum absolute atomic E-state index is 13.3. The molecule has 0 aliphatic rings. The Morgan fingerprint density at radius 2 is 2.29 bits per heavy atom. The summed E-state index contributed by atoms with van der Waals surface area (Å²) in [7, 11) is 1.64. The van der Waals surface area contributed by atoms with Crippen LogP contribution in [0.5, 0.6) is 0 Å². The Kier molecular flexibility index (Phi) is 6.19. The molecule has 0 spiro atoms. The van der Waals surface area contributed by atoms with E-state index in [0.29, 0.717) is 13.2 Å². The molecule has 0 atom stereocenters. The first-order valence-corrected chi connectivity index (χ1v) is 5.88. The van der Waals surface area contributed by atoms with E-state index in [-0.39, 0.29) is 5.02 Å². The average molecular weight is 258 g/mol. The van der Waals surface area contributed by atoms with Crippen LogP contribution >= 0.6 is 11.6 Å². The lowest BCUT2D eigenvalue weighted by atomic mass is 10.1. The van der Waals surface area contributed by atoms with Gasteiger partial charge < -0.3 is 10.5 Å². The van der Waals surface area contributed by atoms with Gasteiger partial charge in [0.05, 0.1) is 11.6 Å². The molecule has 0 aliphatic heterocycles. The minimum atomic E-state index is -0.406. The van der Waals surface area contributed by atoms with Crippen molar-refractivity contribution < 1.29 is 9.13 Å². The zero-order valence-corrected chi connectivity index (χ0v) is 10.6. The van der Waals surface area contributed by atoms with Gasteiger partial charge in [-0.2, -0.15) is 0 Å². The summed E-state index contributed by atoms with van der Waals surface area (Å²) in [6, 6.07) is 4.75. The van der Waals surface area contributed by atoms with E-state index < -0.39 is 5.82 Å². The molecule has 0 aromatic heterocycles. The molecule has 0 fully saturated rings. The molecule has 0 radical (unpaired) electrons. The molecule has 0 amide bonds. The normalized spacial score (nSPS) is 11.9. The molecule has 4 heteroatoms. The van der Waals surface area contributed by atoms with E-state index in [9.17, 15) is 4.39 Å². The lowest BCUT2D eigenvalue weighted by Gasteiger charge is -2.06. The second-order valence-electron chi connectivity index (χ2n) is 3.80. The predicted octanol–water partition coefficient (Wildman–Crippen LogP) is 3.25. The van der Waals surface area contributed by atoms with Crippen LogP contribution in [0.3, 0.4) is 0 Å². The zero-order chi connectivity index (χ0) is 12.7. The summed E-state index contributed by atoms with van der Waals surface area (Å²) in [5, 5.41) is 0.136. The second kappa shape index (κ2) is 7.43. The van der Waals surface area contributed by atoms with Crippen LogP contribution in [0.1, 0.15) is 18.4 Å². The summed E-state index contributed by atoms with van der Waals surface area (Å²) in [5.74, 6) is -0.406. The largest absolute Gasteiger partial charge is 0.380 e. The van der Waals surface area contributed by atoms with Crippen molar-refractivity contribution in [3.8, 4) is 0 Å². The van der Waals surface area contributed by atoms with Gasteiger partial charge >= 0.3 is 0 Å². The van der Waals surface area contributed by atoms with Crippen LogP contribution in [0, 0.1) is 5.82 Å². The van der Waals surface area contributed by atoms with Gasteiger partial charge in [-0.05, 0) is 42.7 Å². The monoisotopic (exact) mass is 257 g/mol. The van der Waals surface area contributed by atoms with Gasteiger partial charge in [0.1, 0.15) is 5.82 Å². The highest BCUT2D eigenvalue weighted by Crippen LogP contribution is 2.18. The minimum absolute atomic E-state index is 0.136. The van der Waals surface area contributed by atoms with Crippen molar-refractivity contribution in [1.82, 2.24) is 0 Å². The SMILES string of the molecule is COC/C(=C/c1ccc(Cl)c(F)c1)CCCN. The molecule has 2 N–H and O–H groups in total. The fraction of sp³-hybridized carbons (Fsp3) is 0.385. The van der Waals surface area contributed by atoms with Crippen molar-refractivity contribution >= 4 is 17.7 Å². The standard InChI is InChI=1S/C13H17ClFNO/c1-17-9-11(3-2-6-16)7-10-4-5-12(14)13(15)8-10/h4-5,7-8H,2-3,6,9,16H2,1H3/b11-7+. The van der Waals surface area contributed by atoms with Gasteiger partial charge in [-0.3, -0.25) is 0 Å². The van der Waals surface area contributed by atoms with E-state index >= 15 is 0 Å². The van der Waals surface area contributed by atoms with E-state index in [0.717, 1.165) is 24.0 Å². The van der Waals surface area contributed by atoms with Crippen LogP contribution in [-0.4, -0.2) is 20.3 Å². The van der Waals surface area contributed by atoms with Crippen LogP contribution in [-0.2, 0) is 4.74 Å². The number of nitrogens with two attached hydrogens (primary N) is 1. The third-order valence-electron chi connectivity index (χ3n) is 2.35. The maximum Gasteiger partial charge on any atom is 0.142 e. The predicted molar refractivity (Wildman–Crippen MR) is 69.6 cm³/mol. The van der Waals surface area contributed by atoms with Crippen molar-refractivity contribution in [2.24, 2.45) is 5.73 Å². The Morgan fingerprint density at radius 3 is 2.88 bits per heavy atom. The zero-order valence-electron chi connectivity index (χ0n) is 9.88. The molecule has 0 saturated heterocycles. The quantitative estimate of drug-likeness (QED) is 0.849. The maximum atomic E-state index is 13.3. The van der Waals surface area contributed by atoms with Crippen LogP contribution in [0.4, 0.5) is 4.39 Å². The van der Waals surface area contributed by atoms with Gasteiger partial charge in [0.15, 0.2) is 0 Å². The highest BCUT2D eigenvalue weighted by Gasteiger charge is 2.01. The Morgan fingerprint density at radius 1 is 1.53 bits per heavy atom. The number of halogens is 2. The third-order valence-corrected chi connectivity index (χ3v) is 2.65. The van der Waals surface area contributed by atoms with Gasteiger partial charge in [-0.15, -0.1) is 0 Å². The van der Waals surface area contributed by atoms with Gasteiger partial charge in [0.25, 0.3) is 0 Å². The highest BCUT2D eigenvalue weighted by molar-refractivity contribution is 6.30. The molecule has 0 saturated carbocycles. The van der Waals surface area contributed by atoms with E-state index in [1.54, 1.807) is 19.2 Å². The van der Waals surface area contributed by atoms with Gasteiger partial charge in [-0.1, -0.05) is 23.7 Å². The van der Waals surface area contributed by atoms with Gasteiger partial charge in [0.2, 0.25) is 0 Å². The summed E-state index contributed by atoms with van der Waals surface area (Å²) >= 11 is 5.63. The molecule has 1 rings (SSSR count). The van der Waals surface area contributed by atoms with Crippen molar-refractivity contribution in [1.29, 1.82) is 0 Å². The molecule has 1 aromatic carbocycles. The molecular formula is C13H17ClFNO. The number of hydrogen-bond donors (Lipinski definition) is 1. The molecule has 17 heavy (non-hydrogen) atoms. The highest BCUT2D eigenvalue weighted by atomic mass is 35.5. The Balaban J connectivity index is 2.83. The molecule has 0 bridgehead atoms. The Hall–Kier alpha value is -0.900. The Bertz CT molecular complexity index is 393. The summed E-state index contributed by atoms with van der Waals surface area (Å²) < 4.78 is 18.4. The number of rotatable bonds is 6. The number of benzene rings is 1.